The third kappa shape index (κ3) is 4.41. The minimum atomic E-state index is -0.0657. The lowest BCUT2D eigenvalue weighted by atomic mass is 10.2. The molecule has 1 aliphatic rings. The molecule has 3 rings (SSSR count). The second-order valence-electron chi connectivity index (χ2n) is 5.29. The normalized spacial score (nSPS) is 12.5. The zero-order valence-corrected chi connectivity index (χ0v) is 14.7. The number of rotatable bonds is 6. The van der Waals surface area contributed by atoms with Gasteiger partial charge in [0.2, 0.25) is 5.91 Å². The quantitative estimate of drug-likeness (QED) is 0.755. The van der Waals surface area contributed by atoms with E-state index in [0.29, 0.717) is 49.8 Å². The van der Waals surface area contributed by atoms with Crippen LogP contribution in [0.4, 0.5) is 5.69 Å². The predicted octanol–water partition coefficient (Wildman–Crippen LogP) is 4.02. The molecule has 0 saturated carbocycles. The molecule has 0 bridgehead atoms. The van der Waals surface area contributed by atoms with Crippen LogP contribution >= 0.6 is 15.9 Å². The van der Waals surface area contributed by atoms with Crippen LogP contribution in [0, 0.1) is 0 Å². The minimum Gasteiger partial charge on any atom is -0.494 e. The highest BCUT2D eigenvalue weighted by atomic mass is 79.9. The Labute approximate surface area is 149 Å². The van der Waals surface area contributed by atoms with E-state index in [1.54, 1.807) is 6.07 Å². The van der Waals surface area contributed by atoms with Gasteiger partial charge in [-0.25, -0.2) is 0 Å². The second kappa shape index (κ2) is 8.06. The van der Waals surface area contributed by atoms with Gasteiger partial charge in [-0.2, -0.15) is 0 Å². The van der Waals surface area contributed by atoms with Crippen LogP contribution in [0.1, 0.15) is 12.8 Å². The van der Waals surface area contributed by atoms with Gasteiger partial charge in [-0.1, -0.05) is 18.2 Å². The Bertz CT molecular complexity index is 706. The van der Waals surface area contributed by atoms with Crippen LogP contribution in [0.2, 0.25) is 0 Å². The fraction of sp³-hybridized carbons (Fsp3) is 0.278. The van der Waals surface area contributed by atoms with Crippen molar-refractivity contribution in [3.05, 3.63) is 46.9 Å². The van der Waals surface area contributed by atoms with Crippen molar-refractivity contribution in [2.24, 2.45) is 0 Å². The van der Waals surface area contributed by atoms with Crippen molar-refractivity contribution < 1.29 is 19.0 Å². The Morgan fingerprint density at radius 3 is 2.58 bits per heavy atom. The predicted molar refractivity (Wildman–Crippen MR) is 94.9 cm³/mol. The molecule has 2 aromatic carbocycles. The maximum Gasteiger partial charge on any atom is 0.224 e. The molecule has 1 amide bonds. The Kier molecular flexibility index (Phi) is 5.59. The molecule has 0 spiro atoms. The summed E-state index contributed by atoms with van der Waals surface area (Å²) < 4.78 is 17.4. The molecule has 0 unspecified atom stereocenters. The van der Waals surface area contributed by atoms with Crippen molar-refractivity contribution in [1.82, 2.24) is 0 Å². The van der Waals surface area contributed by atoms with E-state index < -0.39 is 0 Å². The summed E-state index contributed by atoms with van der Waals surface area (Å²) in [5, 5.41) is 2.88. The molecule has 0 fully saturated rings. The van der Waals surface area contributed by atoms with Crippen LogP contribution in [0.5, 0.6) is 17.2 Å². The highest BCUT2D eigenvalue weighted by molar-refractivity contribution is 9.10. The number of anilines is 1. The smallest absolute Gasteiger partial charge is 0.224 e. The van der Waals surface area contributed by atoms with Gasteiger partial charge in [-0.3, -0.25) is 4.79 Å². The van der Waals surface area contributed by atoms with Crippen LogP contribution in [0.15, 0.2) is 46.9 Å². The first-order chi connectivity index (χ1) is 11.7. The maximum atomic E-state index is 12.1. The lowest BCUT2D eigenvalue weighted by Crippen LogP contribution is -2.17. The van der Waals surface area contributed by atoms with Crippen molar-refractivity contribution in [1.29, 1.82) is 0 Å². The van der Waals surface area contributed by atoms with Crippen molar-refractivity contribution in [2.45, 2.75) is 12.8 Å². The number of hydrogen-bond donors (Lipinski definition) is 1. The number of carbonyl (C=O) groups excluding carboxylic acids is 1. The molecule has 1 aliphatic heterocycles. The topological polar surface area (TPSA) is 56.8 Å². The van der Waals surface area contributed by atoms with Gasteiger partial charge in [0.25, 0.3) is 0 Å². The molecule has 0 radical (unpaired) electrons. The minimum absolute atomic E-state index is 0.0657. The van der Waals surface area contributed by atoms with E-state index in [1.807, 2.05) is 36.4 Å². The zero-order valence-electron chi connectivity index (χ0n) is 13.1. The Balaban J connectivity index is 1.48. The maximum absolute atomic E-state index is 12.1. The monoisotopic (exact) mass is 391 g/mol. The Morgan fingerprint density at radius 1 is 1.12 bits per heavy atom. The molecule has 1 heterocycles. The summed E-state index contributed by atoms with van der Waals surface area (Å²) in [6.45, 7) is 1.55. The third-order valence-electron chi connectivity index (χ3n) is 3.47. The molecular formula is C18H18BrNO4. The van der Waals surface area contributed by atoms with Gasteiger partial charge in [0.05, 0.1) is 12.3 Å². The fourth-order valence-corrected chi connectivity index (χ4v) is 2.73. The number of fused-ring (bicyclic) bond motifs is 1. The highest BCUT2D eigenvalue weighted by Crippen LogP contribution is 2.38. The van der Waals surface area contributed by atoms with Crippen LogP contribution in [0.25, 0.3) is 0 Å². The van der Waals surface area contributed by atoms with Gasteiger partial charge in [0, 0.05) is 23.0 Å². The molecule has 6 heteroatoms. The number of hydrogen-bond acceptors (Lipinski definition) is 4. The number of halogens is 1. The number of para-hydroxylation sites is 1. The molecule has 126 valence electrons. The largest absolute Gasteiger partial charge is 0.494 e. The molecular weight excluding hydrogens is 374 g/mol. The molecule has 2 aromatic rings. The van der Waals surface area contributed by atoms with Crippen molar-refractivity contribution >= 4 is 27.5 Å². The van der Waals surface area contributed by atoms with E-state index in [1.165, 1.54) is 0 Å². The molecule has 0 saturated heterocycles. The average Bonchev–Trinajstić information content (AvgIpc) is 2.60. The molecule has 1 N–H and O–H groups in total. The van der Waals surface area contributed by atoms with Crippen molar-refractivity contribution in [2.75, 3.05) is 25.1 Å². The van der Waals surface area contributed by atoms with Gasteiger partial charge in [-0.05, 0) is 34.5 Å². The van der Waals surface area contributed by atoms with Gasteiger partial charge < -0.3 is 19.5 Å². The number of carbonyl (C=O) groups is 1. The Morgan fingerprint density at radius 2 is 1.83 bits per heavy atom. The first-order valence-corrected chi connectivity index (χ1v) is 8.58. The zero-order chi connectivity index (χ0) is 16.8. The molecule has 0 atom stereocenters. The summed E-state index contributed by atoms with van der Waals surface area (Å²) >= 11 is 3.44. The number of nitrogens with one attached hydrogen (secondary N) is 1. The van der Waals surface area contributed by atoms with Gasteiger partial charge in [-0.15, -0.1) is 0 Å². The summed E-state index contributed by atoms with van der Waals surface area (Å²) in [5.74, 6) is 2.08. The Hall–Kier alpha value is -2.21. The first-order valence-electron chi connectivity index (χ1n) is 7.79. The number of benzene rings is 2. The summed E-state index contributed by atoms with van der Waals surface area (Å²) in [4.78, 5) is 12.1. The summed E-state index contributed by atoms with van der Waals surface area (Å²) in [7, 11) is 0. The first kappa shape index (κ1) is 16.6. The number of amides is 1. The van der Waals surface area contributed by atoms with E-state index in [9.17, 15) is 4.79 Å². The molecule has 0 aromatic heterocycles. The second-order valence-corrected chi connectivity index (χ2v) is 6.14. The third-order valence-corrected chi connectivity index (χ3v) is 4.12. The van der Waals surface area contributed by atoms with E-state index in [-0.39, 0.29) is 5.91 Å². The SMILES string of the molecule is O=C(CCCOc1ccccc1)Nc1cc2c(cc1Br)OCCO2. The van der Waals surface area contributed by atoms with Gasteiger partial charge >= 0.3 is 0 Å². The van der Waals surface area contributed by atoms with E-state index in [0.717, 1.165) is 10.2 Å². The summed E-state index contributed by atoms with van der Waals surface area (Å²) in [6, 6.07) is 13.1. The molecule has 5 nitrogen and oxygen atoms in total. The molecule has 0 aliphatic carbocycles. The van der Waals surface area contributed by atoms with Gasteiger partial charge in [0.15, 0.2) is 11.5 Å². The summed E-state index contributed by atoms with van der Waals surface area (Å²) in [5.41, 5.74) is 0.674. The highest BCUT2D eigenvalue weighted by Gasteiger charge is 2.16. The summed E-state index contributed by atoms with van der Waals surface area (Å²) in [6.07, 6.45) is 1.02. The van der Waals surface area contributed by atoms with E-state index >= 15 is 0 Å². The van der Waals surface area contributed by atoms with E-state index in [2.05, 4.69) is 21.2 Å². The van der Waals surface area contributed by atoms with Crippen LogP contribution in [-0.2, 0) is 4.79 Å². The van der Waals surface area contributed by atoms with Gasteiger partial charge in [0.1, 0.15) is 19.0 Å². The van der Waals surface area contributed by atoms with Crippen LogP contribution < -0.4 is 19.5 Å². The van der Waals surface area contributed by atoms with Crippen LogP contribution in [0.3, 0.4) is 0 Å². The van der Waals surface area contributed by atoms with Crippen LogP contribution in [-0.4, -0.2) is 25.7 Å². The average molecular weight is 392 g/mol. The standard InChI is InChI=1S/C18H18BrNO4/c19-14-11-16-17(24-10-9-23-16)12-15(14)20-18(21)7-4-8-22-13-5-2-1-3-6-13/h1-3,5-6,11-12H,4,7-10H2,(H,20,21). The van der Waals surface area contributed by atoms with Crippen molar-refractivity contribution in [3.63, 3.8) is 0 Å². The number of ether oxygens (including phenoxy) is 3. The lowest BCUT2D eigenvalue weighted by molar-refractivity contribution is -0.116. The fourth-order valence-electron chi connectivity index (χ4n) is 2.31. The molecule has 24 heavy (non-hydrogen) atoms. The van der Waals surface area contributed by atoms with Crippen molar-refractivity contribution in [3.8, 4) is 17.2 Å². The lowest BCUT2D eigenvalue weighted by Gasteiger charge is -2.20. The van der Waals surface area contributed by atoms with E-state index in [4.69, 9.17) is 14.2 Å².